The van der Waals surface area contributed by atoms with Crippen molar-refractivity contribution in [1.82, 2.24) is 10.6 Å². The number of aliphatic hydroxyl groups is 1. The van der Waals surface area contributed by atoms with Crippen molar-refractivity contribution >= 4 is 23.4 Å². The minimum absolute atomic E-state index is 0.0867. The number of carbonyl (C=O) groups is 2. The first-order valence-electron chi connectivity index (χ1n) is 10.3. The molecule has 152 valence electrons. The van der Waals surface area contributed by atoms with E-state index < -0.39 is 0 Å². The Kier molecular flexibility index (Phi) is 5.19. The quantitative estimate of drug-likeness (QED) is 0.641. The summed E-state index contributed by atoms with van der Waals surface area (Å²) in [4.78, 5) is 26.1. The Hall–Kier alpha value is -2.28. The van der Waals surface area contributed by atoms with Crippen molar-refractivity contribution in [1.29, 1.82) is 0 Å². The van der Waals surface area contributed by atoms with E-state index in [9.17, 15) is 14.7 Å². The Morgan fingerprint density at radius 3 is 2.71 bits per heavy atom. The number of carbonyl (C=O) groups excluding carboxylic acids is 2. The number of anilines is 2. The smallest absolute Gasteiger partial charge is 0.322 e. The van der Waals surface area contributed by atoms with Gasteiger partial charge in [0.05, 0.1) is 6.04 Å². The summed E-state index contributed by atoms with van der Waals surface area (Å²) >= 11 is 0. The molecule has 1 aromatic rings. The van der Waals surface area contributed by atoms with Crippen LogP contribution in [0.4, 0.5) is 21.0 Å². The van der Waals surface area contributed by atoms with Crippen LogP contribution in [0.15, 0.2) is 24.3 Å². The van der Waals surface area contributed by atoms with Gasteiger partial charge in [0.25, 0.3) is 0 Å². The summed E-state index contributed by atoms with van der Waals surface area (Å²) in [6.07, 6.45) is 6.59. The van der Waals surface area contributed by atoms with Gasteiger partial charge in [0.2, 0.25) is 0 Å². The summed E-state index contributed by atoms with van der Waals surface area (Å²) in [7, 11) is 0. The minimum Gasteiger partial charge on any atom is -0.396 e. The second kappa shape index (κ2) is 7.62. The molecule has 4 N–H and O–H groups in total. The molecule has 28 heavy (non-hydrogen) atoms. The topological polar surface area (TPSA) is 93.7 Å². The Bertz CT molecular complexity index is 737. The van der Waals surface area contributed by atoms with E-state index in [1.165, 1.54) is 0 Å². The molecule has 0 aromatic heterocycles. The molecule has 4 rings (SSSR count). The van der Waals surface area contributed by atoms with Crippen LogP contribution in [0.5, 0.6) is 0 Å². The molecule has 1 saturated heterocycles. The van der Waals surface area contributed by atoms with Gasteiger partial charge in [0, 0.05) is 30.6 Å². The van der Waals surface area contributed by atoms with Gasteiger partial charge in [-0.25, -0.2) is 9.59 Å². The standard InChI is InChI=1S/C21H30N4O3/c1-14-12-22-20(28)25(14)18-4-2-3-16(9-18)23-19(27)24-17-10-21(11-17)7-5-15(13-26)6-8-21/h2-4,9,14-15,17,26H,5-8,10-13H2,1H3,(H,22,28)(H2,23,24,27). The van der Waals surface area contributed by atoms with Crippen LogP contribution in [-0.2, 0) is 0 Å². The van der Waals surface area contributed by atoms with Crippen LogP contribution >= 0.6 is 0 Å². The molecule has 0 radical (unpaired) electrons. The number of nitrogens with zero attached hydrogens (tertiary/aromatic N) is 1. The number of hydrogen-bond donors (Lipinski definition) is 4. The van der Waals surface area contributed by atoms with Gasteiger partial charge >= 0.3 is 12.1 Å². The second-order valence-corrected chi connectivity index (χ2v) is 8.78. The highest BCUT2D eigenvalue weighted by Crippen LogP contribution is 2.52. The first-order chi connectivity index (χ1) is 13.5. The van der Waals surface area contributed by atoms with E-state index in [4.69, 9.17) is 0 Å². The first-order valence-corrected chi connectivity index (χ1v) is 10.3. The molecule has 3 fully saturated rings. The molecule has 7 nitrogen and oxygen atoms in total. The van der Waals surface area contributed by atoms with Gasteiger partial charge in [-0.3, -0.25) is 4.90 Å². The van der Waals surface area contributed by atoms with E-state index in [0.717, 1.165) is 44.2 Å². The molecular weight excluding hydrogens is 356 g/mol. The third-order valence-corrected chi connectivity index (χ3v) is 6.71. The Balaban J connectivity index is 1.28. The molecule has 4 amide bonds. The summed E-state index contributed by atoms with van der Waals surface area (Å²) < 4.78 is 0. The second-order valence-electron chi connectivity index (χ2n) is 8.78. The van der Waals surface area contributed by atoms with Gasteiger partial charge in [-0.05, 0) is 75.0 Å². The number of amides is 4. The van der Waals surface area contributed by atoms with E-state index in [1.807, 2.05) is 31.2 Å². The summed E-state index contributed by atoms with van der Waals surface area (Å²) in [5.74, 6) is 0.466. The zero-order valence-electron chi connectivity index (χ0n) is 16.4. The highest BCUT2D eigenvalue weighted by molar-refractivity contribution is 5.96. The zero-order valence-corrected chi connectivity index (χ0v) is 16.4. The lowest BCUT2D eigenvalue weighted by Gasteiger charge is -2.51. The molecule has 1 spiro atoms. The third-order valence-electron chi connectivity index (χ3n) is 6.71. The lowest BCUT2D eigenvalue weighted by Crippen LogP contribution is -2.53. The molecular formula is C21H30N4O3. The number of aliphatic hydroxyl groups excluding tert-OH is 1. The maximum atomic E-state index is 12.4. The van der Waals surface area contributed by atoms with Crippen LogP contribution in [0.25, 0.3) is 0 Å². The SMILES string of the molecule is CC1CNC(=O)N1c1cccc(NC(=O)NC2CC3(CCC(CO)CC3)C2)c1. The van der Waals surface area contributed by atoms with Crippen molar-refractivity contribution < 1.29 is 14.7 Å². The summed E-state index contributed by atoms with van der Waals surface area (Å²) in [6, 6.07) is 7.40. The maximum Gasteiger partial charge on any atom is 0.322 e. The van der Waals surface area contributed by atoms with Crippen molar-refractivity contribution in [3.8, 4) is 0 Å². The first kappa shape index (κ1) is 19.1. The molecule has 3 aliphatic rings. The fourth-order valence-corrected chi connectivity index (χ4v) is 5.04. The lowest BCUT2D eigenvalue weighted by molar-refractivity contribution is 0.0160. The van der Waals surface area contributed by atoms with E-state index in [0.29, 0.717) is 30.2 Å². The summed E-state index contributed by atoms with van der Waals surface area (Å²) in [6.45, 7) is 2.92. The number of urea groups is 2. The summed E-state index contributed by atoms with van der Waals surface area (Å²) in [5.41, 5.74) is 1.84. The lowest BCUT2D eigenvalue weighted by atomic mass is 9.57. The Labute approximate surface area is 165 Å². The minimum atomic E-state index is -0.194. The van der Waals surface area contributed by atoms with E-state index in [-0.39, 0.29) is 24.1 Å². The van der Waals surface area contributed by atoms with Gasteiger partial charge in [-0.1, -0.05) is 6.07 Å². The molecule has 1 unspecified atom stereocenters. The van der Waals surface area contributed by atoms with Gasteiger partial charge in [0.15, 0.2) is 0 Å². The highest BCUT2D eigenvalue weighted by atomic mass is 16.3. The molecule has 2 aliphatic carbocycles. The number of rotatable bonds is 4. The van der Waals surface area contributed by atoms with Crippen molar-refractivity contribution in [2.75, 3.05) is 23.4 Å². The number of hydrogen-bond acceptors (Lipinski definition) is 3. The normalized spacial score (nSPS) is 32.0. The molecule has 1 atom stereocenters. The van der Waals surface area contributed by atoms with Crippen molar-refractivity contribution in [3.05, 3.63) is 24.3 Å². The Morgan fingerprint density at radius 2 is 2.07 bits per heavy atom. The van der Waals surface area contributed by atoms with Crippen LogP contribution in [0.2, 0.25) is 0 Å². The van der Waals surface area contributed by atoms with Gasteiger partial charge in [0.1, 0.15) is 0 Å². The van der Waals surface area contributed by atoms with Crippen molar-refractivity contribution in [2.45, 2.75) is 57.5 Å². The molecule has 1 aliphatic heterocycles. The average Bonchev–Trinajstić information content (AvgIpc) is 2.99. The van der Waals surface area contributed by atoms with Crippen molar-refractivity contribution in [2.24, 2.45) is 11.3 Å². The fraction of sp³-hybridized carbons (Fsp3) is 0.619. The Morgan fingerprint density at radius 1 is 1.32 bits per heavy atom. The van der Waals surface area contributed by atoms with Gasteiger partial charge in [-0.15, -0.1) is 0 Å². The van der Waals surface area contributed by atoms with Gasteiger partial charge < -0.3 is 21.1 Å². The average molecular weight is 386 g/mol. The zero-order chi connectivity index (χ0) is 19.7. The molecule has 0 bridgehead atoms. The summed E-state index contributed by atoms with van der Waals surface area (Å²) in [5, 5.41) is 18.1. The molecule has 7 heteroatoms. The molecule has 1 aromatic carbocycles. The van der Waals surface area contributed by atoms with E-state index in [1.54, 1.807) is 4.90 Å². The number of benzene rings is 1. The monoisotopic (exact) mass is 386 g/mol. The fourth-order valence-electron chi connectivity index (χ4n) is 5.04. The largest absolute Gasteiger partial charge is 0.396 e. The van der Waals surface area contributed by atoms with Crippen LogP contribution in [0.3, 0.4) is 0 Å². The number of nitrogens with one attached hydrogen (secondary N) is 3. The third kappa shape index (κ3) is 3.81. The van der Waals surface area contributed by atoms with Crippen molar-refractivity contribution in [3.63, 3.8) is 0 Å². The molecule has 1 heterocycles. The van der Waals surface area contributed by atoms with E-state index in [2.05, 4.69) is 16.0 Å². The predicted molar refractivity (Wildman–Crippen MR) is 108 cm³/mol. The maximum absolute atomic E-state index is 12.4. The van der Waals surface area contributed by atoms with Crippen LogP contribution in [-0.4, -0.2) is 42.4 Å². The van der Waals surface area contributed by atoms with Crippen LogP contribution in [0, 0.1) is 11.3 Å². The highest BCUT2D eigenvalue weighted by Gasteiger charge is 2.46. The van der Waals surface area contributed by atoms with Crippen LogP contribution in [0.1, 0.15) is 45.4 Å². The molecule has 2 saturated carbocycles. The predicted octanol–water partition coefficient (Wildman–Crippen LogP) is 3.06. The van der Waals surface area contributed by atoms with Gasteiger partial charge in [-0.2, -0.15) is 0 Å². The van der Waals surface area contributed by atoms with Crippen LogP contribution < -0.4 is 20.9 Å². The van der Waals surface area contributed by atoms with E-state index >= 15 is 0 Å².